The third kappa shape index (κ3) is 3.36. The third-order valence-electron chi connectivity index (χ3n) is 3.42. The van der Waals surface area contributed by atoms with Gasteiger partial charge >= 0.3 is 0 Å². The van der Waals surface area contributed by atoms with E-state index in [0.29, 0.717) is 27.9 Å². The fraction of sp³-hybridized carbons (Fsp3) is 0.467. The maximum atomic E-state index is 5.73. The van der Waals surface area contributed by atoms with Gasteiger partial charge in [-0.2, -0.15) is 0 Å². The summed E-state index contributed by atoms with van der Waals surface area (Å²) in [5, 5.41) is 9.16. The molecule has 118 valence electrons. The number of benzene rings is 1. The van der Waals surface area contributed by atoms with Gasteiger partial charge in [0.2, 0.25) is 5.89 Å². The normalized spacial score (nSPS) is 18.2. The molecule has 3 rings (SSSR count). The highest BCUT2D eigenvalue weighted by molar-refractivity contribution is 7.99. The van der Waals surface area contributed by atoms with Gasteiger partial charge in [-0.05, 0) is 31.0 Å². The number of methoxy groups -OCH3 is 2. The van der Waals surface area contributed by atoms with Crippen LogP contribution in [0.4, 0.5) is 0 Å². The van der Waals surface area contributed by atoms with Crippen molar-refractivity contribution in [3.05, 3.63) is 18.2 Å². The van der Waals surface area contributed by atoms with E-state index in [1.54, 1.807) is 26.0 Å². The van der Waals surface area contributed by atoms with Gasteiger partial charge in [-0.1, -0.05) is 11.8 Å². The minimum atomic E-state index is 0.382. The molecule has 1 atom stereocenters. The molecule has 0 spiro atoms. The van der Waals surface area contributed by atoms with E-state index in [9.17, 15) is 0 Å². The fourth-order valence-corrected chi connectivity index (χ4v) is 3.24. The summed E-state index contributed by atoms with van der Waals surface area (Å²) in [7, 11) is 3.20. The van der Waals surface area contributed by atoms with Crippen LogP contribution in [0.15, 0.2) is 27.8 Å². The first-order valence-corrected chi connectivity index (χ1v) is 7.98. The van der Waals surface area contributed by atoms with Crippen LogP contribution in [-0.2, 0) is 4.74 Å². The lowest BCUT2D eigenvalue weighted by Crippen LogP contribution is -2.19. The standard InChI is InChI=1S/C15H18N2O4S/c1-18-12-6-5-10(8-13(12)19-2)14-16-17-15(21-14)22-11-4-3-7-20-9-11/h5-6,8,11H,3-4,7,9H2,1-2H3. The van der Waals surface area contributed by atoms with Crippen molar-refractivity contribution < 1.29 is 18.6 Å². The van der Waals surface area contributed by atoms with E-state index in [1.807, 2.05) is 18.2 Å². The number of aromatic nitrogens is 2. The predicted octanol–water partition coefficient (Wildman–Crippen LogP) is 3.02. The highest BCUT2D eigenvalue weighted by atomic mass is 32.2. The van der Waals surface area contributed by atoms with Crippen LogP contribution in [0.2, 0.25) is 0 Å². The van der Waals surface area contributed by atoms with Gasteiger partial charge in [0.1, 0.15) is 0 Å². The molecular formula is C15H18N2O4S. The first-order chi connectivity index (χ1) is 10.8. The Balaban J connectivity index is 1.75. The number of nitrogens with zero attached hydrogens (tertiary/aromatic N) is 2. The van der Waals surface area contributed by atoms with Crippen molar-refractivity contribution in [2.45, 2.75) is 23.3 Å². The number of hydrogen-bond donors (Lipinski definition) is 0. The molecule has 0 bridgehead atoms. The van der Waals surface area contributed by atoms with Crippen LogP contribution in [0.1, 0.15) is 12.8 Å². The zero-order chi connectivity index (χ0) is 15.4. The molecule has 0 saturated carbocycles. The summed E-state index contributed by atoms with van der Waals surface area (Å²) in [5.74, 6) is 1.77. The third-order valence-corrected chi connectivity index (χ3v) is 4.49. The topological polar surface area (TPSA) is 66.6 Å². The number of thioether (sulfide) groups is 1. The van der Waals surface area contributed by atoms with Gasteiger partial charge < -0.3 is 18.6 Å². The van der Waals surface area contributed by atoms with Crippen molar-refractivity contribution in [1.29, 1.82) is 0 Å². The molecule has 2 heterocycles. The van der Waals surface area contributed by atoms with Gasteiger partial charge in [0, 0.05) is 17.4 Å². The van der Waals surface area contributed by atoms with Crippen molar-refractivity contribution in [2.75, 3.05) is 27.4 Å². The summed E-state index contributed by atoms with van der Waals surface area (Å²) in [6.45, 7) is 1.58. The van der Waals surface area contributed by atoms with E-state index >= 15 is 0 Å². The van der Waals surface area contributed by atoms with Crippen LogP contribution in [0.3, 0.4) is 0 Å². The number of hydrogen-bond acceptors (Lipinski definition) is 7. The molecule has 6 nitrogen and oxygen atoms in total. The van der Waals surface area contributed by atoms with Gasteiger partial charge in [-0.25, -0.2) is 0 Å². The Hall–Kier alpha value is -1.73. The van der Waals surface area contributed by atoms with Crippen LogP contribution < -0.4 is 9.47 Å². The Kier molecular flexibility index (Phi) is 4.84. The first kappa shape index (κ1) is 15.2. The Bertz CT molecular complexity index is 626. The molecule has 2 aromatic rings. The van der Waals surface area contributed by atoms with E-state index in [4.69, 9.17) is 18.6 Å². The molecule has 1 fully saturated rings. The maximum absolute atomic E-state index is 5.73. The molecule has 0 amide bonds. The van der Waals surface area contributed by atoms with Gasteiger partial charge in [-0.3, -0.25) is 0 Å². The zero-order valence-electron chi connectivity index (χ0n) is 12.6. The van der Waals surface area contributed by atoms with Crippen LogP contribution >= 0.6 is 11.8 Å². The van der Waals surface area contributed by atoms with E-state index in [-0.39, 0.29) is 0 Å². The molecule has 0 aliphatic carbocycles. The highest BCUT2D eigenvalue weighted by Gasteiger charge is 2.19. The second kappa shape index (κ2) is 7.02. The quantitative estimate of drug-likeness (QED) is 0.838. The highest BCUT2D eigenvalue weighted by Crippen LogP contribution is 2.34. The zero-order valence-corrected chi connectivity index (χ0v) is 13.4. The number of rotatable bonds is 5. The van der Waals surface area contributed by atoms with Crippen molar-refractivity contribution in [2.24, 2.45) is 0 Å². The molecule has 1 saturated heterocycles. The Morgan fingerprint density at radius 2 is 2.05 bits per heavy atom. The van der Waals surface area contributed by atoms with E-state index in [1.165, 1.54) is 0 Å². The first-order valence-electron chi connectivity index (χ1n) is 7.10. The van der Waals surface area contributed by atoms with Gasteiger partial charge in [0.05, 0.1) is 20.8 Å². The van der Waals surface area contributed by atoms with Crippen molar-refractivity contribution in [3.8, 4) is 23.0 Å². The lowest BCUT2D eigenvalue weighted by Gasteiger charge is -2.19. The summed E-state index contributed by atoms with van der Waals surface area (Å²) in [4.78, 5) is 0. The lowest BCUT2D eigenvalue weighted by atomic mass is 10.2. The summed E-state index contributed by atoms with van der Waals surface area (Å²) < 4.78 is 21.7. The van der Waals surface area contributed by atoms with Crippen molar-refractivity contribution >= 4 is 11.8 Å². The van der Waals surface area contributed by atoms with Crippen molar-refractivity contribution in [1.82, 2.24) is 10.2 Å². The average Bonchev–Trinajstić information content (AvgIpc) is 3.03. The smallest absolute Gasteiger partial charge is 0.277 e. The van der Waals surface area contributed by atoms with Gasteiger partial charge in [0.15, 0.2) is 11.5 Å². The van der Waals surface area contributed by atoms with Crippen molar-refractivity contribution in [3.63, 3.8) is 0 Å². The van der Waals surface area contributed by atoms with E-state index in [0.717, 1.165) is 31.6 Å². The summed E-state index contributed by atoms with van der Waals surface area (Å²) in [5.41, 5.74) is 0.803. The Morgan fingerprint density at radius 3 is 2.77 bits per heavy atom. The summed E-state index contributed by atoms with van der Waals surface area (Å²) in [6.07, 6.45) is 2.19. The van der Waals surface area contributed by atoms with Gasteiger partial charge in [0.25, 0.3) is 5.22 Å². The second-order valence-corrected chi connectivity index (χ2v) is 6.15. The van der Waals surface area contributed by atoms with E-state index < -0.39 is 0 Å². The van der Waals surface area contributed by atoms with Crippen LogP contribution in [-0.4, -0.2) is 42.9 Å². The molecular weight excluding hydrogens is 304 g/mol. The lowest BCUT2D eigenvalue weighted by molar-refractivity contribution is 0.101. The minimum absolute atomic E-state index is 0.382. The number of ether oxygens (including phenoxy) is 3. The fourth-order valence-electron chi connectivity index (χ4n) is 2.29. The summed E-state index contributed by atoms with van der Waals surface area (Å²) in [6, 6.07) is 5.51. The van der Waals surface area contributed by atoms with E-state index in [2.05, 4.69) is 10.2 Å². The molecule has 1 aromatic heterocycles. The second-order valence-electron chi connectivity index (χ2n) is 4.90. The molecule has 0 N–H and O–H groups in total. The minimum Gasteiger partial charge on any atom is -0.493 e. The van der Waals surface area contributed by atoms with Crippen LogP contribution in [0.5, 0.6) is 11.5 Å². The monoisotopic (exact) mass is 322 g/mol. The molecule has 22 heavy (non-hydrogen) atoms. The molecule has 0 radical (unpaired) electrons. The Labute approximate surface area is 133 Å². The predicted molar refractivity (Wildman–Crippen MR) is 82.5 cm³/mol. The van der Waals surface area contributed by atoms with Crippen LogP contribution in [0, 0.1) is 0 Å². The SMILES string of the molecule is COc1ccc(-c2nnc(SC3CCCOC3)o2)cc1OC. The Morgan fingerprint density at radius 1 is 1.18 bits per heavy atom. The van der Waals surface area contributed by atoms with Crippen LogP contribution in [0.25, 0.3) is 11.5 Å². The molecule has 1 aliphatic rings. The molecule has 1 aliphatic heterocycles. The molecule has 7 heteroatoms. The average molecular weight is 322 g/mol. The van der Waals surface area contributed by atoms with Gasteiger partial charge in [-0.15, -0.1) is 10.2 Å². The summed E-state index contributed by atoms with van der Waals surface area (Å²) >= 11 is 1.58. The molecule has 1 unspecified atom stereocenters. The molecule has 1 aromatic carbocycles. The maximum Gasteiger partial charge on any atom is 0.277 e. The largest absolute Gasteiger partial charge is 0.493 e.